The molecule has 2 aromatic carbocycles. The molecule has 1 heterocycles. The van der Waals surface area contributed by atoms with Crippen molar-refractivity contribution in [3.8, 4) is 0 Å². The highest BCUT2D eigenvalue weighted by Gasteiger charge is 2.20. The molecule has 0 aliphatic carbocycles. The maximum atomic E-state index is 12.6. The SMILES string of the molecule is CCOCc1c(C(=O)Nc2cccc(CO)c2)oc2ccccc12. The number of nitrogens with one attached hydrogen (secondary N) is 1. The zero-order valence-corrected chi connectivity index (χ0v) is 13.4. The predicted molar refractivity (Wildman–Crippen MR) is 91.9 cm³/mol. The van der Waals surface area contributed by atoms with Gasteiger partial charge >= 0.3 is 0 Å². The van der Waals surface area contributed by atoms with Crippen molar-refractivity contribution in [1.82, 2.24) is 0 Å². The average molecular weight is 325 g/mol. The van der Waals surface area contributed by atoms with Crippen molar-refractivity contribution in [3.05, 3.63) is 65.4 Å². The molecule has 0 fully saturated rings. The van der Waals surface area contributed by atoms with Crippen LogP contribution in [0.1, 0.15) is 28.6 Å². The third-order valence-electron chi connectivity index (χ3n) is 3.72. The molecule has 2 N–H and O–H groups in total. The summed E-state index contributed by atoms with van der Waals surface area (Å²) in [6.07, 6.45) is 0. The molecular weight excluding hydrogens is 306 g/mol. The van der Waals surface area contributed by atoms with E-state index in [0.717, 1.165) is 16.5 Å². The summed E-state index contributed by atoms with van der Waals surface area (Å²) in [6.45, 7) is 2.69. The first-order valence-corrected chi connectivity index (χ1v) is 7.82. The van der Waals surface area contributed by atoms with Crippen LogP contribution in [0.3, 0.4) is 0 Å². The van der Waals surface area contributed by atoms with Crippen molar-refractivity contribution < 1.29 is 19.1 Å². The maximum absolute atomic E-state index is 12.6. The Kier molecular flexibility index (Phi) is 4.93. The van der Waals surface area contributed by atoms with Gasteiger partial charge in [-0.05, 0) is 30.7 Å². The smallest absolute Gasteiger partial charge is 0.291 e. The molecule has 0 radical (unpaired) electrons. The van der Waals surface area contributed by atoms with Crippen LogP contribution in [0.2, 0.25) is 0 Å². The normalized spacial score (nSPS) is 10.9. The van der Waals surface area contributed by atoms with E-state index in [1.165, 1.54) is 0 Å². The van der Waals surface area contributed by atoms with Crippen molar-refractivity contribution >= 4 is 22.6 Å². The average Bonchev–Trinajstić information content (AvgIpc) is 2.99. The second-order valence-corrected chi connectivity index (χ2v) is 5.36. The number of furan rings is 1. The van der Waals surface area contributed by atoms with E-state index in [0.29, 0.717) is 24.5 Å². The quantitative estimate of drug-likeness (QED) is 0.724. The zero-order valence-electron chi connectivity index (χ0n) is 13.4. The Morgan fingerprint density at radius 3 is 2.83 bits per heavy atom. The van der Waals surface area contributed by atoms with Gasteiger partial charge < -0.3 is 19.6 Å². The van der Waals surface area contributed by atoms with Gasteiger partial charge in [0.2, 0.25) is 0 Å². The fraction of sp³-hybridized carbons (Fsp3) is 0.211. The lowest BCUT2D eigenvalue weighted by atomic mass is 10.1. The highest BCUT2D eigenvalue weighted by molar-refractivity contribution is 6.06. The minimum atomic E-state index is -0.337. The highest BCUT2D eigenvalue weighted by Crippen LogP contribution is 2.27. The number of aliphatic hydroxyl groups excluding tert-OH is 1. The van der Waals surface area contributed by atoms with Crippen LogP contribution in [-0.4, -0.2) is 17.6 Å². The summed E-state index contributed by atoms with van der Waals surface area (Å²) in [7, 11) is 0. The standard InChI is InChI=1S/C19H19NO4/c1-2-23-12-16-15-8-3-4-9-17(15)24-18(16)19(22)20-14-7-5-6-13(10-14)11-21/h3-10,21H,2,11-12H2,1H3,(H,20,22). The first-order valence-electron chi connectivity index (χ1n) is 7.82. The van der Waals surface area contributed by atoms with Gasteiger partial charge in [-0.15, -0.1) is 0 Å². The Bertz CT molecular complexity index is 853. The van der Waals surface area contributed by atoms with E-state index in [4.69, 9.17) is 9.15 Å². The number of aliphatic hydroxyl groups is 1. The number of rotatable bonds is 6. The first-order chi connectivity index (χ1) is 11.7. The van der Waals surface area contributed by atoms with Gasteiger partial charge in [0.15, 0.2) is 5.76 Å². The minimum Gasteiger partial charge on any atom is -0.451 e. The van der Waals surface area contributed by atoms with E-state index in [9.17, 15) is 9.90 Å². The van der Waals surface area contributed by atoms with E-state index in [2.05, 4.69) is 5.32 Å². The molecule has 3 rings (SSSR count). The number of anilines is 1. The fourth-order valence-electron chi connectivity index (χ4n) is 2.56. The highest BCUT2D eigenvalue weighted by atomic mass is 16.5. The van der Waals surface area contributed by atoms with Crippen LogP contribution in [0.5, 0.6) is 0 Å². The summed E-state index contributed by atoms with van der Waals surface area (Å²) in [6, 6.07) is 14.6. The largest absolute Gasteiger partial charge is 0.451 e. The molecular formula is C19H19NO4. The van der Waals surface area contributed by atoms with Gasteiger partial charge in [0.05, 0.1) is 13.2 Å². The lowest BCUT2D eigenvalue weighted by Gasteiger charge is -2.07. The summed E-state index contributed by atoms with van der Waals surface area (Å²) in [5.41, 5.74) is 2.73. The molecule has 0 saturated carbocycles. The summed E-state index contributed by atoms with van der Waals surface area (Å²) >= 11 is 0. The zero-order chi connectivity index (χ0) is 16.9. The van der Waals surface area contributed by atoms with Crippen LogP contribution in [0.4, 0.5) is 5.69 Å². The first kappa shape index (κ1) is 16.2. The van der Waals surface area contributed by atoms with E-state index in [-0.39, 0.29) is 18.3 Å². The second-order valence-electron chi connectivity index (χ2n) is 5.36. The Hall–Kier alpha value is -2.63. The van der Waals surface area contributed by atoms with Gasteiger partial charge in [0.25, 0.3) is 5.91 Å². The molecule has 0 unspecified atom stereocenters. The van der Waals surface area contributed by atoms with E-state index in [1.807, 2.05) is 31.2 Å². The van der Waals surface area contributed by atoms with Gasteiger partial charge in [-0.25, -0.2) is 0 Å². The lowest BCUT2D eigenvalue weighted by Crippen LogP contribution is -2.13. The Morgan fingerprint density at radius 1 is 1.21 bits per heavy atom. The number of carbonyl (C=O) groups excluding carboxylic acids is 1. The fourth-order valence-corrected chi connectivity index (χ4v) is 2.56. The van der Waals surface area contributed by atoms with Crippen LogP contribution in [0.15, 0.2) is 52.9 Å². The maximum Gasteiger partial charge on any atom is 0.291 e. The van der Waals surface area contributed by atoms with Gasteiger partial charge in [-0.1, -0.05) is 30.3 Å². The molecule has 0 saturated heterocycles. The molecule has 0 bridgehead atoms. The van der Waals surface area contributed by atoms with E-state index < -0.39 is 0 Å². The van der Waals surface area contributed by atoms with Crippen molar-refractivity contribution in [2.75, 3.05) is 11.9 Å². The number of carbonyl (C=O) groups is 1. The lowest BCUT2D eigenvalue weighted by molar-refractivity contribution is 0.0984. The molecule has 5 heteroatoms. The van der Waals surface area contributed by atoms with Crippen LogP contribution in [0, 0.1) is 0 Å². The van der Waals surface area contributed by atoms with Crippen molar-refractivity contribution in [2.24, 2.45) is 0 Å². The molecule has 3 aromatic rings. The minimum absolute atomic E-state index is 0.0794. The Balaban J connectivity index is 1.93. The molecule has 0 atom stereocenters. The van der Waals surface area contributed by atoms with Gasteiger partial charge in [-0.2, -0.15) is 0 Å². The topological polar surface area (TPSA) is 71.7 Å². The summed E-state index contributed by atoms with van der Waals surface area (Å²) in [4.78, 5) is 12.6. The molecule has 1 amide bonds. The van der Waals surface area contributed by atoms with E-state index >= 15 is 0 Å². The van der Waals surface area contributed by atoms with E-state index in [1.54, 1.807) is 24.3 Å². The van der Waals surface area contributed by atoms with Crippen LogP contribution in [-0.2, 0) is 18.0 Å². The van der Waals surface area contributed by atoms with Gasteiger partial charge in [0.1, 0.15) is 5.58 Å². The number of ether oxygens (including phenoxy) is 1. The van der Waals surface area contributed by atoms with Crippen LogP contribution < -0.4 is 5.32 Å². The summed E-state index contributed by atoms with van der Waals surface area (Å²) < 4.78 is 11.2. The Labute approximate surface area is 139 Å². The number of hydrogen-bond donors (Lipinski definition) is 2. The van der Waals surface area contributed by atoms with Crippen LogP contribution in [0.25, 0.3) is 11.0 Å². The molecule has 24 heavy (non-hydrogen) atoms. The number of para-hydroxylation sites is 1. The molecule has 0 aliphatic rings. The summed E-state index contributed by atoms with van der Waals surface area (Å²) in [5.74, 6) is -0.0879. The van der Waals surface area contributed by atoms with Gasteiger partial charge in [-0.3, -0.25) is 4.79 Å². The van der Waals surface area contributed by atoms with Crippen molar-refractivity contribution in [2.45, 2.75) is 20.1 Å². The molecule has 124 valence electrons. The number of fused-ring (bicyclic) bond motifs is 1. The third kappa shape index (κ3) is 3.32. The second kappa shape index (κ2) is 7.29. The Morgan fingerprint density at radius 2 is 2.04 bits per heavy atom. The number of amides is 1. The van der Waals surface area contributed by atoms with Gasteiger partial charge in [0, 0.05) is 23.2 Å². The molecule has 1 aromatic heterocycles. The van der Waals surface area contributed by atoms with Crippen molar-refractivity contribution in [3.63, 3.8) is 0 Å². The molecule has 0 spiro atoms. The number of benzene rings is 2. The monoisotopic (exact) mass is 325 g/mol. The molecule has 0 aliphatic heterocycles. The van der Waals surface area contributed by atoms with Crippen molar-refractivity contribution in [1.29, 1.82) is 0 Å². The van der Waals surface area contributed by atoms with Crippen LogP contribution >= 0.6 is 0 Å². The number of hydrogen-bond acceptors (Lipinski definition) is 4. The summed E-state index contributed by atoms with van der Waals surface area (Å²) in [5, 5.41) is 12.9. The molecule has 5 nitrogen and oxygen atoms in total. The third-order valence-corrected chi connectivity index (χ3v) is 3.72. The predicted octanol–water partition coefficient (Wildman–Crippen LogP) is 3.71.